The van der Waals surface area contributed by atoms with Gasteiger partial charge < -0.3 is 14.2 Å². The lowest BCUT2D eigenvalue weighted by Gasteiger charge is -2.32. The van der Waals surface area contributed by atoms with Gasteiger partial charge in [0.1, 0.15) is 11.5 Å². The number of ether oxygens (including phenoxy) is 3. The van der Waals surface area contributed by atoms with Crippen molar-refractivity contribution in [3.63, 3.8) is 0 Å². The highest BCUT2D eigenvalue weighted by atomic mass is 35.5. The van der Waals surface area contributed by atoms with Gasteiger partial charge in [0.15, 0.2) is 0 Å². The summed E-state index contributed by atoms with van der Waals surface area (Å²) in [4.78, 5) is 2.54. The number of hydrogen-bond donors (Lipinski definition) is 0. The number of hydrogen-bond acceptors (Lipinski definition) is 4. The average Bonchev–Trinajstić information content (AvgIpc) is 3.30. The number of rotatable bonds is 8. The summed E-state index contributed by atoms with van der Waals surface area (Å²) in [5.74, 6) is 2.70. The quantitative estimate of drug-likeness (QED) is 0.536. The lowest BCUT2D eigenvalue weighted by atomic mass is 9.86. The maximum absolute atomic E-state index is 6.40. The molecule has 4 atom stereocenters. The largest absolute Gasteiger partial charge is 0.497 e. The molecule has 2 aliphatic rings. The van der Waals surface area contributed by atoms with E-state index in [9.17, 15) is 0 Å². The van der Waals surface area contributed by atoms with Crippen LogP contribution in [0.4, 0.5) is 0 Å². The predicted molar refractivity (Wildman–Crippen MR) is 121 cm³/mol. The second kappa shape index (κ2) is 8.58. The van der Waals surface area contributed by atoms with Crippen LogP contribution in [0.1, 0.15) is 25.0 Å². The van der Waals surface area contributed by atoms with E-state index in [-0.39, 0.29) is 5.41 Å². The van der Waals surface area contributed by atoms with E-state index < -0.39 is 0 Å². The molecule has 0 radical (unpaired) electrons. The summed E-state index contributed by atoms with van der Waals surface area (Å²) < 4.78 is 16.8. The molecule has 6 heteroatoms. The first kappa shape index (κ1) is 21.8. The first-order chi connectivity index (χ1) is 14.5. The van der Waals surface area contributed by atoms with Crippen molar-refractivity contribution in [2.75, 3.05) is 34.0 Å². The van der Waals surface area contributed by atoms with Gasteiger partial charge in [-0.1, -0.05) is 35.3 Å². The number of likely N-dealkylation sites (tertiary alicyclic amines) is 1. The van der Waals surface area contributed by atoms with Gasteiger partial charge in [0.2, 0.25) is 0 Å². The average molecular weight is 450 g/mol. The van der Waals surface area contributed by atoms with E-state index in [1.54, 1.807) is 14.2 Å². The van der Waals surface area contributed by atoms with Crippen molar-refractivity contribution in [2.45, 2.75) is 31.8 Å². The van der Waals surface area contributed by atoms with E-state index in [2.05, 4.69) is 36.9 Å². The summed E-state index contributed by atoms with van der Waals surface area (Å²) >= 11 is 12.6. The number of nitrogens with zero attached hydrogens (tertiary/aromatic N) is 1. The van der Waals surface area contributed by atoms with Gasteiger partial charge in [-0.15, -0.1) is 0 Å². The molecule has 2 aromatic rings. The van der Waals surface area contributed by atoms with Gasteiger partial charge in [0.25, 0.3) is 0 Å². The van der Waals surface area contributed by atoms with Crippen LogP contribution in [-0.2, 0) is 16.7 Å². The Kier molecular flexibility index (Phi) is 6.23. The van der Waals surface area contributed by atoms with Crippen molar-refractivity contribution in [1.29, 1.82) is 0 Å². The summed E-state index contributed by atoms with van der Waals surface area (Å²) in [6, 6.07) is 12.5. The van der Waals surface area contributed by atoms with Gasteiger partial charge in [-0.05, 0) is 49.4 Å². The zero-order valence-electron chi connectivity index (χ0n) is 18.0. The summed E-state index contributed by atoms with van der Waals surface area (Å²) in [5, 5.41) is 1.22. The molecule has 1 heterocycles. The van der Waals surface area contributed by atoms with Crippen molar-refractivity contribution in [2.24, 2.45) is 11.8 Å². The molecule has 0 amide bonds. The lowest BCUT2D eigenvalue weighted by Crippen LogP contribution is -2.39. The van der Waals surface area contributed by atoms with Crippen LogP contribution in [0.3, 0.4) is 0 Å². The highest BCUT2D eigenvalue weighted by Crippen LogP contribution is 2.67. The number of fused-ring (bicyclic) bond motifs is 1. The number of halogens is 2. The molecule has 0 N–H and O–H groups in total. The van der Waals surface area contributed by atoms with Crippen LogP contribution >= 0.6 is 23.2 Å². The van der Waals surface area contributed by atoms with Crippen LogP contribution in [0.2, 0.25) is 10.0 Å². The van der Waals surface area contributed by atoms with Crippen molar-refractivity contribution < 1.29 is 14.2 Å². The molecule has 4 rings (SSSR count). The molecule has 1 aliphatic heterocycles. The minimum Gasteiger partial charge on any atom is -0.497 e. The molecule has 30 heavy (non-hydrogen) atoms. The Morgan fingerprint density at radius 2 is 1.87 bits per heavy atom. The van der Waals surface area contributed by atoms with E-state index in [0.29, 0.717) is 27.9 Å². The van der Waals surface area contributed by atoms with E-state index in [1.807, 2.05) is 18.2 Å². The van der Waals surface area contributed by atoms with Crippen LogP contribution in [0.25, 0.3) is 0 Å². The fraction of sp³-hybridized carbons (Fsp3) is 0.500. The SMILES string of the molecule is CCOC[C@@H]1[C@H]2CN(Cc3ccc(OC)cc3OC)[C@H](C)[C@@]12c1ccc(Cl)c(Cl)c1. The number of piperidine rings is 1. The molecule has 1 saturated heterocycles. The Balaban J connectivity index is 1.62. The first-order valence-corrected chi connectivity index (χ1v) is 11.2. The van der Waals surface area contributed by atoms with Gasteiger partial charge in [-0.25, -0.2) is 0 Å². The van der Waals surface area contributed by atoms with Gasteiger partial charge in [-0.2, -0.15) is 0 Å². The lowest BCUT2D eigenvalue weighted by molar-refractivity contribution is 0.105. The molecule has 2 aromatic carbocycles. The Morgan fingerprint density at radius 1 is 1.07 bits per heavy atom. The molecule has 0 aromatic heterocycles. The van der Waals surface area contributed by atoms with Crippen molar-refractivity contribution >= 4 is 23.2 Å². The maximum atomic E-state index is 6.40. The van der Waals surface area contributed by atoms with E-state index in [0.717, 1.165) is 43.4 Å². The van der Waals surface area contributed by atoms with Gasteiger partial charge in [0.05, 0.1) is 30.9 Å². The topological polar surface area (TPSA) is 30.9 Å². The van der Waals surface area contributed by atoms with E-state index in [1.165, 1.54) is 5.56 Å². The molecular formula is C24H29Cl2NO3. The monoisotopic (exact) mass is 449 g/mol. The normalized spacial score (nSPS) is 27.7. The third-order valence-electron chi connectivity index (χ3n) is 7.06. The first-order valence-electron chi connectivity index (χ1n) is 10.5. The third-order valence-corrected chi connectivity index (χ3v) is 7.80. The Morgan fingerprint density at radius 3 is 2.53 bits per heavy atom. The molecule has 1 aliphatic carbocycles. The maximum Gasteiger partial charge on any atom is 0.127 e. The molecule has 0 unspecified atom stereocenters. The fourth-order valence-corrected chi connectivity index (χ4v) is 5.81. The summed E-state index contributed by atoms with van der Waals surface area (Å²) in [7, 11) is 3.38. The predicted octanol–water partition coefficient (Wildman–Crippen LogP) is 5.44. The Bertz CT molecular complexity index is 921. The van der Waals surface area contributed by atoms with Gasteiger partial charge >= 0.3 is 0 Å². The summed E-state index contributed by atoms with van der Waals surface area (Å²) in [6.45, 7) is 7.75. The van der Waals surface area contributed by atoms with Crippen LogP contribution < -0.4 is 9.47 Å². The van der Waals surface area contributed by atoms with Crippen molar-refractivity contribution in [3.8, 4) is 11.5 Å². The fourth-order valence-electron chi connectivity index (χ4n) is 5.51. The molecule has 2 fully saturated rings. The van der Waals surface area contributed by atoms with E-state index in [4.69, 9.17) is 37.4 Å². The van der Waals surface area contributed by atoms with Crippen LogP contribution in [0, 0.1) is 11.8 Å². The standard InChI is InChI=1S/C24H29Cl2NO3/c1-5-30-14-20-19-13-27(12-16-6-8-18(28-3)11-23(16)29-4)15(2)24(19,20)17-7-9-21(25)22(26)10-17/h6-11,15,19-20H,5,12-14H2,1-4H3/t15-,19-,20-,24+/m1/s1. The molecule has 1 saturated carbocycles. The molecule has 4 nitrogen and oxygen atoms in total. The van der Waals surface area contributed by atoms with Crippen LogP contribution in [0.15, 0.2) is 36.4 Å². The second-order valence-electron chi connectivity index (χ2n) is 8.22. The highest BCUT2D eigenvalue weighted by Gasteiger charge is 2.72. The molecule has 162 valence electrons. The van der Waals surface area contributed by atoms with Crippen molar-refractivity contribution in [1.82, 2.24) is 4.90 Å². The third kappa shape index (κ3) is 3.48. The van der Waals surface area contributed by atoms with E-state index >= 15 is 0 Å². The molecule has 0 bridgehead atoms. The number of methoxy groups -OCH3 is 2. The summed E-state index contributed by atoms with van der Waals surface area (Å²) in [6.07, 6.45) is 0. The highest BCUT2D eigenvalue weighted by molar-refractivity contribution is 6.42. The Hall–Kier alpha value is -1.46. The minimum atomic E-state index is 0.0447. The zero-order chi connectivity index (χ0) is 21.5. The summed E-state index contributed by atoms with van der Waals surface area (Å²) in [5.41, 5.74) is 2.48. The zero-order valence-corrected chi connectivity index (χ0v) is 19.5. The van der Waals surface area contributed by atoms with Crippen LogP contribution in [-0.4, -0.2) is 44.9 Å². The smallest absolute Gasteiger partial charge is 0.127 e. The number of benzene rings is 2. The second-order valence-corrected chi connectivity index (χ2v) is 9.03. The molecular weight excluding hydrogens is 421 g/mol. The van der Waals surface area contributed by atoms with Crippen molar-refractivity contribution in [3.05, 3.63) is 57.6 Å². The van der Waals surface area contributed by atoms with Gasteiger partial charge in [0, 0.05) is 42.8 Å². The molecule has 0 spiro atoms. The minimum absolute atomic E-state index is 0.0447. The van der Waals surface area contributed by atoms with Crippen LogP contribution in [0.5, 0.6) is 11.5 Å². The Labute approximate surface area is 189 Å². The van der Waals surface area contributed by atoms with Gasteiger partial charge in [-0.3, -0.25) is 4.90 Å².